The minimum Gasteiger partial charge on any atom is -0.258 e. The molecule has 0 aliphatic rings. The van der Waals surface area contributed by atoms with Gasteiger partial charge in [0.15, 0.2) is 0 Å². The number of benzene rings is 1. The molecule has 13 heavy (non-hydrogen) atoms. The number of nitrogens with zero attached hydrogens (tertiary/aromatic N) is 1. The number of thiophene rings is 1. The molecule has 0 bridgehead atoms. The molecule has 1 aromatic carbocycles. The molecule has 5 heteroatoms. The van der Waals surface area contributed by atoms with E-state index in [0.717, 1.165) is 10.1 Å². The van der Waals surface area contributed by atoms with Crippen LogP contribution in [0.15, 0.2) is 23.6 Å². The van der Waals surface area contributed by atoms with Crippen molar-refractivity contribution in [2.24, 2.45) is 0 Å². The summed E-state index contributed by atoms with van der Waals surface area (Å²) in [5.41, 5.74) is 0.103. The summed E-state index contributed by atoms with van der Waals surface area (Å²) in [5, 5.41) is 13.7. The third kappa shape index (κ3) is 1.38. The molecule has 0 N–H and O–H groups in total. The zero-order valence-corrected chi connectivity index (χ0v) is 7.93. The first kappa shape index (κ1) is 8.47. The molecule has 0 saturated carbocycles. The van der Waals surface area contributed by atoms with Gasteiger partial charge in [-0.2, -0.15) is 0 Å². The van der Waals surface area contributed by atoms with Crippen molar-refractivity contribution in [3.8, 4) is 0 Å². The zero-order chi connectivity index (χ0) is 9.42. The van der Waals surface area contributed by atoms with Gasteiger partial charge in [-0.15, -0.1) is 11.3 Å². The summed E-state index contributed by atoms with van der Waals surface area (Å²) in [4.78, 5) is 10.0. The lowest BCUT2D eigenvalue weighted by molar-refractivity contribution is -0.384. The molecule has 0 atom stereocenters. The molecule has 0 amide bonds. The summed E-state index contributed by atoms with van der Waals surface area (Å²) in [5.74, 6) is 0. The molecule has 0 fully saturated rings. The van der Waals surface area contributed by atoms with Crippen molar-refractivity contribution in [1.82, 2.24) is 0 Å². The number of rotatable bonds is 1. The Morgan fingerprint density at radius 1 is 1.46 bits per heavy atom. The second-order valence-corrected chi connectivity index (χ2v) is 3.84. The number of hydrogen-bond donors (Lipinski definition) is 0. The van der Waals surface area contributed by atoms with Crippen molar-refractivity contribution in [1.29, 1.82) is 0 Å². The Balaban J connectivity index is 2.70. The second-order valence-electron chi connectivity index (χ2n) is 2.52. The number of nitro benzene ring substituents is 1. The van der Waals surface area contributed by atoms with Crippen LogP contribution in [0, 0.1) is 10.1 Å². The van der Waals surface area contributed by atoms with E-state index in [0.29, 0.717) is 5.02 Å². The van der Waals surface area contributed by atoms with Crippen LogP contribution >= 0.6 is 22.9 Å². The molecule has 0 saturated heterocycles. The van der Waals surface area contributed by atoms with Crippen LogP contribution in [0.3, 0.4) is 0 Å². The maximum absolute atomic E-state index is 10.4. The topological polar surface area (TPSA) is 43.1 Å². The van der Waals surface area contributed by atoms with E-state index in [4.69, 9.17) is 11.6 Å². The van der Waals surface area contributed by atoms with Gasteiger partial charge in [-0.1, -0.05) is 11.6 Å². The van der Waals surface area contributed by atoms with Crippen LogP contribution in [0.4, 0.5) is 5.69 Å². The van der Waals surface area contributed by atoms with Gasteiger partial charge in [-0.25, -0.2) is 0 Å². The first-order valence-electron chi connectivity index (χ1n) is 3.49. The van der Waals surface area contributed by atoms with Crippen molar-refractivity contribution in [3.05, 3.63) is 38.7 Å². The third-order valence-corrected chi connectivity index (χ3v) is 3.11. The van der Waals surface area contributed by atoms with Crippen molar-refractivity contribution >= 4 is 38.7 Å². The molecule has 0 unspecified atom stereocenters. The first-order chi connectivity index (χ1) is 6.18. The number of halogens is 1. The number of fused-ring (bicyclic) bond motifs is 1. The van der Waals surface area contributed by atoms with E-state index in [2.05, 4.69) is 0 Å². The summed E-state index contributed by atoms with van der Waals surface area (Å²) in [6.07, 6.45) is 0. The monoisotopic (exact) mass is 213 g/mol. The molecule has 66 valence electrons. The molecule has 2 aromatic rings. The third-order valence-electron chi connectivity index (χ3n) is 1.72. The highest BCUT2D eigenvalue weighted by Gasteiger charge is 2.08. The van der Waals surface area contributed by atoms with Gasteiger partial charge < -0.3 is 0 Å². The van der Waals surface area contributed by atoms with Crippen LogP contribution in [-0.2, 0) is 0 Å². The lowest BCUT2D eigenvalue weighted by Crippen LogP contribution is -1.85. The summed E-state index contributed by atoms with van der Waals surface area (Å²) in [7, 11) is 0. The Morgan fingerprint density at radius 2 is 2.23 bits per heavy atom. The van der Waals surface area contributed by atoms with Crippen LogP contribution in [0.2, 0.25) is 5.02 Å². The zero-order valence-electron chi connectivity index (χ0n) is 6.36. The highest BCUT2D eigenvalue weighted by Crippen LogP contribution is 2.32. The fraction of sp³-hybridized carbons (Fsp3) is 0. The van der Waals surface area contributed by atoms with E-state index in [1.54, 1.807) is 11.4 Å². The fourth-order valence-corrected chi connectivity index (χ4v) is 2.30. The van der Waals surface area contributed by atoms with Crippen LogP contribution < -0.4 is 0 Å². The van der Waals surface area contributed by atoms with E-state index in [1.807, 2.05) is 0 Å². The van der Waals surface area contributed by atoms with Gasteiger partial charge >= 0.3 is 0 Å². The molecule has 1 heterocycles. The van der Waals surface area contributed by atoms with Gasteiger partial charge in [0.25, 0.3) is 5.69 Å². The van der Waals surface area contributed by atoms with Gasteiger partial charge in [0.1, 0.15) is 0 Å². The average molecular weight is 214 g/mol. The standard InChI is InChI=1S/C8H4ClNO2S/c9-7-4-13-8-3-5(10(11)12)1-2-6(7)8/h1-4H. The Morgan fingerprint density at radius 3 is 2.92 bits per heavy atom. The van der Waals surface area contributed by atoms with Gasteiger partial charge in [0, 0.05) is 27.6 Å². The number of hydrogen-bond acceptors (Lipinski definition) is 3. The van der Waals surface area contributed by atoms with Crippen LogP contribution in [0.25, 0.3) is 10.1 Å². The normalized spacial score (nSPS) is 10.5. The highest BCUT2D eigenvalue weighted by molar-refractivity contribution is 7.17. The quantitative estimate of drug-likeness (QED) is 0.538. The minimum absolute atomic E-state index is 0.103. The molecular weight excluding hydrogens is 210 g/mol. The summed E-state index contributed by atoms with van der Waals surface area (Å²) in [6, 6.07) is 4.67. The molecule has 0 aliphatic carbocycles. The maximum atomic E-state index is 10.4. The molecule has 0 spiro atoms. The summed E-state index contributed by atoms with van der Waals surface area (Å²) < 4.78 is 0.846. The van der Waals surface area contributed by atoms with Gasteiger partial charge in [-0.3, -0.25) is 10.1 Å². The molecular formula is C8H4ClNO2S. The largest absolute Gasteiger partial charge is 0.270 e. The van der Waals surface area contributed by atoms with Crippen molar-refractivity contribution in [2.45, 2.75) is 0 Å². The molecule has 2 rings (SSSR count). The predicted molar refractivity (Wildman–Crippen MR) is 53.5 cm³/mol. The van der Waals surface area contributed by atoms with Gasteiger partial charge in [-0.05, 0) is 6.07 Å². The van der Waals surface area contributed by atoms with Gasteiger partial charge in [0.2, 0.25) is 0 Å². The molecule has 1 aromatic heterocycles. The van der Waals surface area contributed by atoms with Crippen molar-refractivity contribution < 1.29 is 4.92 Å². The number of non-ortho nitro benzene ring substituents is 1. The van der Waals surface area contributed by atoms with E-state index in [9.17, 15) is 10.1 Å². The van der Waals surface area contributed by atoms with Crippen molar-refractivity contribution in [3.63, 3.8) is 0 Å². The lowest BCUT2D eigenvalue weighted by atomic mass is 10.2. The fourth-order valence-electron chi connectivity index (χ4n) is 1.10. The lowest BCUT2D eigenvalue weighted by Gasteiger charge is -1.91. The molecule has 0 aliphatic heterocycles. The number of nitro groups is 1. The van der Waals surface area contributed by atoms with Crippen LogP contribution in [0.1, 0.15) is 0 Å². The van der Waals surface area contributed by atoms with E-state index >= 15 is 0 Å². The molecule has 0 radical (unpaired) electrons. The summed E-state index contributed by atoms with van der Waals surface area (Å²) >= 11 is 7.25. The minimum atomic E-state index is -0.410. The highest BCUT2D eigenvalue weighted by atomic mass is 35.5. The van der Waals surface area contributed by atoms with Gasteiger partial charge in [0.05, 0.1) is 9.95 Å². The predicted octanol–water partition coefficient (Wildman–Crippen LogP) is 3.46. The van der Waals surface area contributed by atoms with Crippen LogP contribution in [-0.4, -0.2) is 4.92 Å². The van der Waals surface area contributed by atoms with Crippen molar-refractivity contribution in [2.75, 3.05) is 0 Å². The average Bonchev–Trinajstić information content (AvgIpc) is 2.47. The van der Waals surface area contributed by atoms with E-state index in [-0.39, 0.29) is 5.69 Å². The Bertz CT molecular complexity index is 480. The Hall–Kier alpha value is -1.13. The first-order valence-corrected chi connectivity index (χ1v) is 4.75. The Labute approximate surface area is 82.7 Å². The summed E-state index contributed by atoms with van der Waals surface area (Å²) in [6.45, 7) is 0. The second kappa shape index (κ2) is 2.97. The smallest absolute Gasteiger partial charge is 0.258 e. The SMILES string of the molecule is O=[N+]([O-])c1ccc2c(Cl)csc2c1. The Kier molecular flexibility index (Phi) is 1.94. The maximum Gasteiger partial charge on any atom is 0.270 e. The van der Waals surface area contributed by atoms with E-state index < -0.39 is 4.92 Å². The van der Waals surface area contributed by atoms with Crippen LogP contribution in [0.5, 0.6) is 0 Å². The molecule has 3 nitrogen and oxygen atoms in total. The van der Waals surface area contributed by atoms with E-state index in [1.165, 1.54) is 23.5 Å².